The van der Waals surface area contributed by atoms with Crippen LogP contribution in [0.15, 0.2) is 24.3 Å². The fraction of sp³-hybridized carbons (Fsp3) is 0.640. The number of hydrogen-bond acceptors (Lipinski definition) is 9. The van der Waals surface area contributed by atoms with E-state index in [2.05, 4.69) is 20.7 Å². The van der Waals surface area contributed by atoms with E-state index < -0.39 is 33.7 Å². The predicted octanol–water partition coefficient (Wildman–Crippen LogP) is 1.34. The van der Waals surface area contributed by atoms with E-state index in [1.54, 1.807) is 45.0 Å². The van der Waals surface area contributed by atoms with Gasteiger partial charge in [-0.25, -0.2) is 22.7 Å². The lowest BCUT2D eigenvalue weighted by atomic mass is 9.95. The number of benzene rings is 1. The number of nitrogens with two attached hydrogens (primary N) is 1. The van der Waals surface area contributed by atoms with Crippen LogP contribution >= 0.6 is 0 Å². The van der Waals surface area contributed by atoms with Crippen molar-refractivity contribution < 1.29 is 37.0 Å². The smallest absolute Gasteiger partial charge is 0.407 e. The molecule has 0 fully saturated rings. The van der Waals surface area contributed by atoms with Gasteiger partial charge >= 0.3 is 12.2 Å². The lowest BCUT2D eigenvalue weighted by molar-refractivity contribution is 0.0940. The maximum absolute atomic E-state index is 12.3. The molecule has 0 bridgehead atoms. The number of ether oxygens (including phenoxy) is 3. The van der Waals surface area contributed by atoms with Gasteiger partial charge in [-0.05, 0) is 37.6 Å². The molecule has 222 valence electrons. The van der Waals surface area contributed by atoms with Crippen molar-refractivity contribution in [3.8, 4) is 5.75 Å². The first-order chi connectivity index (χ1) is 18.4. The molecule has 0 aromatic heterocycles. The second-order valence-electron chi connectivity index (χ2n) is 9.72. The Morgan fingerprint density at radius 1 is 1.00 bits per heavy atom. The van der Waals surface area contributed by atoms with Gasteiger partial charge in [-0.2, -0.15) is 0 Å². The lowest BCUT2D eigenvalue weighted by Crippen LogP contribution is -2.44. The Labute approximate surface area is 230 Å². The topological polar surface area (TPSA) is 187 Å². The van der Waals surface area contributed by atoms with Gasteiger partial charge in [0.15, 0.2) is 0 Å². The zero-order valence-corrected chi connectivity index (χ0v) is 24.0. The van der Waals surface area contributed by atoms with Crippen molar-refractivity contribution in [3.63, 3.8) is 0 Å². The van der Waals surface area contributed by atoms with Crippen LogP contribution in [0.4, 0.5) is 9.59 Å². The fourth-order valence-electron chi connectivity index (χ4n) is 2.96. The fourth-order valence-corrected chi connectivity index (χ4v) is 4.14. The molecule has 0 heterocycles. The third kappa shape index (κ3) is 15.8. The van der Waals surface area contributed by atoms with E-state index in [-0.39, 0.29) is 37.9 Å². The van der Waals surface area contributed by atoms with E-state index in [1.807, 2.05) is 6.92 Å². The van der Waals surface area contributed by atoms with E-state index in [9.17, 15) is 22.8 Å². The van der Waals surface area contributed by atoms with Gasteiger partial charge < -0.3 is 35.9 Å². The van der Waals surface area contributed by atoms with E-state index in [1.165, 1.54) is 0 Å². The van der Waals surface area contributed by atoms with Crippen molar-refractivity contribution >= 4 is 28.1 Å². The van der Waals surface area contributed by atoms with Crippen molar-refractivity contribution in [3.05, 3.63) is 29.8 Å². The van der Waals surface area contributed by atoms with E-state index in [0.717, 1.165) is 12.8 Å². The van der Waals surface area contributed by atoms with Crippen LogP contribution in [0, 0.1) is 5.41 Å². The monoisotopic (exact) mass is 573 g/mol. The summed E-state index contributed by atoms with van der Waals surface area (Å²) in [5, 5.41) is 7.69. The van der Waals surface area contributed by atoms with Gasteiger partial charge in [0.2, 0.25) is 10.0 Å². The molecule has 1 aromatic carbocycles. The average molecular weight is 574 g/mol. The third-order valence-corrected chi connectivity index (χ3v) is 6.63. The highest BCUT2D eigenvalue weighted by atomic mass is 32.2. The molecule has 3 amide bonds. The summed E-state index contributed by atoms with van der Waals surface area (Å²) in [6.07, 6.45) is 0.390. The quantitative estimate of drug-likeness (QED) is 0.162. The molecule has 1 aromatic rings. The standard InChI is InChI=1S/C25H43N5O8S/c1-5-6-13-37-24(33)29-17-25(3,4)18-38-23(32)27-12-15-39(34,35)30-19(2)16-28-22(31)20-7-9-21(10-8-20)36-14-11-26/h7-10,19,30H,5-6,11-18,26H2,1-4H3,(H,27,32)(H,28,31)(H,29,33)/t19-/m1/s1. The number of amides is 3. The molecule has 1 atom stereocenters. The number of sulfonamides is 1. The number of carbonyl (C=O) groups excluding carboxylic acids is 3. The van der Waals surface area contributed by atoms with Crippen molar-refractivity contribution in [2.24, 2.45) is 11.1 Å². The van der Waals surface area contributed by atoms with E-state index >= 15 is 0 Å². The first-order valence-electron chi connectivity index (χ1n) is 12.9. The van der Waals surface area contributed by atoms with Crippen molar-refractivity contribution in [2.45, 2.75) is 46.6 Å². The summed E-state index contributed by atoms with van der Waals surface area (Å²) >= 11 is 0. The summed E-state index contributed by atoms with van der Waals surface area (Å²) < 4.78 is 42.6. The van der Waals surface area contributed by atoms with Crippen LogP contribution in [0.25, 0.3) is 0 Å². The Bertz CT molecular complexity index is 1000. The molecule has 0 spiro atoms. The zero-order valence-electron chi connectivity index (χ0n) is 23.2. The number of unbranched alkanes of at least 4 members (excludes halogenated alkanes) is 1. The lowest BCUT2D eigenvalue weighted by Gasteiger charge is -2.24. The largest absolute Gasteiger partial charge is 0.492 e. The third-order valence-electron chi connectivity index (χ3n) is 5.13. The van der Waals surface area contributed by atoms with Crippen LogP contribution in [0.2, 0.25) is 0 Å². The maximum atomic E-state index is 12.3. The van der Waals surface area contributed by atoms with Gasteiger partial charge in [0.25, 0.3) is 5.91 Å². The molecule has 0 saturated carbocycles. The van der Waals surface area contributed by atoms with Crippen LogP contribution in [0.3, 0.4) is 0 Å². The number of alkyl carbamates (subject to hydrolysis) is 2. The highest BCUT2D eigenvalue weighted by Crippen LogP contribution is 2.14. The van der Waals surface area contributed by atoms with Gasteiger partial charge in [-0.1, -0.05) is 27.2 Å². The molecule has 13 nitrogen and oxygen atoms in total. The average Bonchev–Trinajstić information content (AvgIpc) is 2.88. The van der Waals surface area contributed by atoms with Crippen molar-refractivity contribution in [2.75, 3.05) is 51.8 Å². The number of rotatable bonds is 18. The highest BCUT2D eigenvalue weighted by molar-refractivity contribution is 7.89. The Morgan fingerprint density at radius 2 is 1.67 bits per heavy atom. The summed E-state index contributed by atoms with van der Waals surface area (Å²) in [7, 11) is -3.73. The van der Waals surface area contributed by atoms with Gasteiger partial charge in [-0.3, -0.25) is 4.79 Å². The zero-order chi connectivity index (χ0) is 29.3. The summed E-state index contributed by atoms with van der Waals surface area (Å²) in [6, 6.07) is 5.91. The second kappa shape index (κ2) is 17.5. The minimum Gasteiger partial charge on any atom is -0.492 e. The van der Waals surface area contributed by atoms with Crippen LogP contribution in [0.5, 0.6) is 5.75 Å². The Kier molecular flexibility index (Phi) is 15.2. The number of nitrogens with one attached hydrogen (secondary N) is 4. The predicted molar refractivity (Wildman–Crippen MR) is 147 cm³/mol. The first-order valence-corrected chi connectivity index (χ1v) is 14.5. The molecule has 0 aliphatic carbocycles. The minimum atomic E-state index is -3.73. The van der Waals surface area contributed by atoms with E-state index in [4.69, 9.17) is 19.9 Å². The maximum Gasteiger partial charge on any atom is 0.407 e. The van der Waals surface area contributed by atoms with Crippen LogP contribution < -0.4 is 31.1 Å². The first kappa shape index (κ1) is 33.9. The van der Waals surface area contributed by atoms with Crippen LogP contribution in [-0.4, -0.2) is 84.3 Å². The summed E-state index contributed by atoms with van der Waals surface area (Å²) in [6.45, 7) is 8.41. The normalized spacial score (nSPS) is 12.2. The molecule has 6 N–H and O–H groups in total. The molecule has 39 heavy (non-hydrogen) atoms. The van der Waals surface area contributed by atoms with Crippen LogP contribution in [-0.2, 0) is 19.5 Å². The molecule has 0 radical (unpaired) electrons. The minimum absolute atomic E-state index is 0.000738. The summed E-state index contributed by atoms with van der Waals surface area (Å²) in [5.74, 6) is -0.141. The van der Waals surface area contributed by atoms with Crippen molar-refractivity contribution in [1.29, 1.82) is 0 Å². The molecule has 0 unspecified atom stereocenters. The van der Waals surface area contributed by atoms with Crippen LogP contribution in [0.1, 0.15) is 50.9 Å². The molecular weight excluding hydrogens is 530 g/mol. The van der Waals surface area contributed by atoms with Gasteiger partial charge in [0.1, 0.15) is 12.4 Å². The molecule has 1 rings (SSSR count). The Morgan fingerprint density at radius 3 is 2.31 bits per heavy atom. The second-order valence-corrected chi connectivity index (χ2v) is 11.6. The molecular formula is C25H43N5O8S. The van der Waals surface area contributed by atoms with E-state index in [0.29, 0.717) is 31.1 Å². The number of hydrogen-bond donors (Lipinski definition) is 5. The summed E-state index contributed by atoms with van der Waals surface area (Å²) in [4.78, 5) is 35.9. The Hall–Kier alpha value is -3.10. The van der Waals surface area contributed by atoms with Crippen molar-refractivity contribution in [1.82, 2.24) is 20.7 Å². The number of carbonyl (C=O) groups is 3. The summed E-state index contributed by atoms with van der Waals surface area (Å²) in [5.41, 5.74) is 5.23. The van der Waals surface area contributed by atoms with Gasteiger partial charge in [-0.15, -0.1) is 0 Å². The molecule has 0 aliphatic rings. The molecule has 0 aliphatic heterocycles. The Balaban J connectivity index is 2.30. The SMILES string of the molecule is CCCCOC(=O)NCC(C)(C)COC(=O)NCCS(=O)(=O)N[C@H](C)CNC(=O)c1ccc(OCCN)cc1. The van der Waals surface area contributed by atoms with Gasteiger partial charge in [0.05, 0.1) is 19.0 Å². The molecule has 0 saturated heterocycles. The highest BCUT2D eigenvalue weighted by Gasteiger charge is 2.22. The van der Waals surface area contributed by atoms with Gasteiger partial charge in [0, 0.05) is 43.2 Å². The molecule has 14 heteroatoms.